The van der Waals surface area contributed by atoms with Gasteiger partial charge in [-0.25, -0.2) is 4.98 Å². The molecule has 7 nitrogen and oxygen atoms in total. The highest BCUT2D eigenvalue weighted by molar-refractivity contribution is 5.78. The molecule has 0 spiro atoms. The predicted octanol–water partition coefficient (Wildman–Crippen LogP) is 1.16. The van der Waals surface area contributed by atoms with Crippen molar-refractivity contribution in [3.05, 3.63) is 17.7 Å². The Morgan fingerprint density at radius 3 is 2.85 bits per heavy atom. The molecule has 0 unspecified atom stereocenters. The topological polar surface area (TPSA) is 73.5 Å². The third-order valence-electron chi connectivity index (χ3n) is 5.81. The van der Waals surface area contributed by atoms with Gasteiger partial charge in [0, 0.05) is 51.6 Å². The summed E-state index contributed by atoms with van der Waals surface area (Å²) in [5.41, 5.74) is 2.33. The molecule has 7 heteroatoms. The first kappa shape index (κ1) is 19.3. The molecule has 0 aliphatic carbocycles. The normalized spacial score (nSPS) is 23.2. The van der Waals surface area contributed by atoms with Crippen LogP contribution in [0.5, 0.6) is 0 Å². The number of H-pyrrole nitrogens is 1. The lowest BCUT2D eigenvalue weighted by Gasteiger charge is -2.42. The van der Waals surface area contributed by atoms with Crippen LogP contribution in [-0.2, 0) is 16.1 Å². The summed E-state index contributed by atoms with van der Waals surface area (Å²) in [6.45, 7) is 8.46. The number of aromatic amines is 1. The van der Waals surface area contributed by atoms with Crippen LogP contribution in [0.3, 0.4) is 0 Å². The third kappa shape index (κ3) is 5.05. The quantitative estimate of drug-likeness (QED) is 0.711. The van der Waals surface area contributed by atoms with Crippen molar-refractivity contribution in [1.29, 1.82) is 0 Å². The number of nitrogens with one attached hydrogen (secondary N) is 2. The first-order chi connectivity index (χ1) is 12.7. The SMILES string of the molecule is COCCNC(=O)[C@H]1CCCN(C2CCN(Cc3nc[nH]c3C)CC2)C1. The number of ether oxygens (including phenoxy) is 1. The zero-order chi connectivity index (χ0) is 18.4. The molecule has 0 radical (unpaired) electrons. The van der Waals surface area contributed by atoms with Crippen LogP contribution >= 0.6 is 0 Å². The Kier molecular flexibility index (Phi) is 7.05. The molecule has 3 heterocycles. The monoisotopic (exact) mass is 363 g/mol. The van der Waals surface area contributed by atoms with Crippen molar-refractivity contribution in [1.82, 2.24) is 25.1 Å². The zero-order valence-corrected chi connectivity index (χ0v) is 16.2. The van der Waals surface area contributed by atoms with Gasteiger partial charge in [-0.1, -0.05) is 0 Å². The van der Waals surface area contributed by atoms with Crippen LogP contribution < -0.4 is 5.32 Å². The summed E-state index contributed by atoms with van der Waals surface area (Å²) in [7, 11) is 1.66. The van der Waals surface area contributed by atoms with Crippen LogP contribution in [-0.4, -0.2) is 78.2 Å². The lowest BCUT2D eigenvalue weighted by Crippen LogP contribution is -2.50. The summed E-state index contributed by atoms with van der Waals surface area (Å²) in [6, 6.07) is 0.612. The standard InChI is InChI=1S/C19H33N5O2/c1-15-18(22-14-21-15)13-23-9-5-17(6-10-23)24-8-3-4-16(12-24)19(25)20-7-11-26-2/h14,16-17H,3-13H2,1-2H3,(H,20,25)(H,21,22)/t16-/m0/s1. The van der Waals surface area contributed by atoms with Crippen LogP contribution in [0.4, 0.5) is 0 Å². The number of piperidine rings is 2. The number of carbonyl (C=O) groups is 1. The highest BCUT2D eigenvalue weighted by Crippen LogP contribution is 2.24. The van der Waals surface area contributed by atoms with Gasteiger partial charge in [-0.15, -0.1) is 0 Å². The van der Waals surface area contributed by atoms with Crippen molar-refractivity contribution in [3.8, 4) is 0 Å². The fourth-order valence-electron chi connectivity index (χ4n) is 4.17. The van der Waals surface area contributed by atoms with Gasteiger partial charge in [-0.2, -0.15) is 0 Å². The molecule has 1 aromatic rings. The van der Waals surface area contributed by atoms with Gasteiger partial charge in [0.2, 0.25) is 5.91 Å². The van der Waals surface area contributed by atoms with E-state index < -0.39 is 0 Å². The number of hydrogen-bond donors (Lipinski definition) is 2. The molecule has 2 N–H and O–H groups in total. The Morgan fingerprint density at radius 1 is 1.35 bits per heavy atom. The smallest absolute Gasteiger partial charge is 0.224 e. The molecule has 2 fully saturated rings. The van der Waals surface area contributed by atoms with E-state index in [0.717, 1.165) is 51.3 Å². The van der Waals surface area contributed by atoms with Crippen molar-refractivity contribution in [2.24, 2.45) is 5.92 Å². The highest BCUT2D eigenvalue weighted by atomic mass is 16.5. The molecule has 1 atom stereocenters. The van der Waals surface area contributed by atoms with E-state index in [1.807, 2.05) is 0 Å². The minimum absolute atomic E-state index is 0.130. The van der Waals surface area contributed by atoms with Gasteiger partial charge in [0.05, 0.1) is 24.5 Å². The fraction of sp³-hybridized carbons (Fsp3) is 0.789. The minimum Gasteiger partial charge on any atom is -0.383 e. The summed E-state index contributed by atoms with van der Waals surface area (Å²) in [5, 5.41) is 3.01. The number of carbonyl (C=O) groups excluding carboxylic acids is 1. The van der Waals surface area contributed by atoms with Gasteiger partial charge in [0.15, 0.2) is 0 Å². The van der Waals surface area contributed by atoms with Crippen molar-refractivity contribution in [2.75, 3.05) is 46.4 Å². The number of aromatic nitrogens is 2. The summed E-state index contributed by atoms with van der Waals surface area (Å²) in [4.78, 5) is 25.0. The average molecular weight is 364 g/mol. The van der Waals surface area contributed by atoms with Crippen molar-refractivity contribution in [2.45, 2.75) is 45.2 Å². The molecule has 0 bridgehead atoms. The minimum atomic E-state index is 0.130. The van der Waals surface area contributed by atoms with E-state index in [0.29, 0.717) is 19.2 Å². The maximum Gasteiger partial charge on any atom is 0.224 e. The third-order valence-corrected chi connectivity index (χ3v) is 5.81. The molecule has 0 aromatic carbocycles. The van der Waals surface area contributed by atoms with Crippen molar-refractivity contribution in [3.63, 3.8) is 0 Å². The van der Waals surface area contributed by atoms with Crippen LogP contribution in [0.1, 0.15) is 37.1 Å². The van der Waals surface area contributed by atoms with E-state index in [1.165, 1.54) is 18.5 Å². The van der Waals surface area contributed by atoms with Crippen LogP contribution in [0.2, 0.25) is 0 Å². The molecule has 2 aliphatic rings. The van der Waals surface area contributed by atoms with Gasteiger partial charge < -0.3 is 15.0 Å². The molecule has 26 heavy (non-hydrogen) atoms. The summed E-state index contributed by atoms with van der Waals surface area (Å²) in [6.07, 6.45) is 6.27. The average Bonchev–Trinajstić information content (AvgIpc) is 3.07. The van der Waals surface area contributed by atoms with Crippen LogP contribution in [0.25, 0.3) is 0 Å². The second-order valence-corrected chi connectivity index (χ2v) is 7.60. The Hall–Kier alpha value is -1.44. The van der Waals surface area contributed by atoms with Crippen molar-refractivity contribution >= 4 is 5.91 Å². The van der Waals surface area contributed by atoms with Gasteiger partial charge in [-0.05, 0) is 39.2 Å². The Bertz CT molecular complexity index is 568. The largest absolute Gasteiger partial charge is 0.383 e. The van der Waals surface area contributed by atoms with E-state index in [-0.39, 0.29) is 11.8 Å². The summed E-state index contributed by atoms with van der Waals surface area (Å²) in [5.74, 6) is 0.323. The Balaban J connectivity index is 1.43. The molecule has 2 saturated heterocycles. The summed E-state index contributed by atoms with van der Waals surface area (Å²) >= 11 is 0. The molecule has 0 saturated carbocycles. The fourth-order valence-corrected chi connectivity index (χ4v) is 4.17. The molecule has 2 aliphatic heterocycles. The van der Waals surface area contributed by atoms with E-state index in [9.17, 15) is 4.79 Å². The molecular weight excluding hydrogens is 330 g/mol. The number of likely N-dealkylation sites (tertiary alicyclic amines) is 2. The highest BCUT2D eigenvalue weighted by Gasteiger charge is 2.31. The number of amides is 1. The zero-order valence-electron chi connectivity index (χ0n) is 16.2. The maximum absolute atomic E-state index is 12.4. The van der Waals surface area contributed by atoms with Gasteiger partial charge in [0.25, 0.3) is 0 Å². The molecule has 1 amide bonds. The van der Waals surface area contributed by atoms with Crippen LogP contribution in [0, 0.1) is 12.8 Å². The number of methoxy groups -OCH3 is 1. The van der Waals surface area contributed by atoms with Crippen molar-refractivity contribution < 1.29 is 9.53 Å². The van der Waals surface area contributed by atoms with E-state index in [4.69, 9.17) is 4.74 Å². The summed E-state index contributed by atoms with van der Waals surface area (Å²) < 4.78 is 5.01. The molecule has 146 valence electrons. The van der Waals surface area contributed by atoms with E-state index >= 15 is 0 Å². The molecule has 1 aromatic heterocycles. The lowest BCUT2D eigenvalue weighted by molar-refractivity contribution is -0.127. The van der Waals surface area contributed by atoms with Gasteiger partial charge >= 0.3 is 0 Å². The Labute approximate surface area is 156 Å². The number of rotatable bonds is 7. The number of nitrogens with zero attached hydrogens (tertiary/aromatic N) is 3. The van der Waals surface area contributed by atoms with E-state index in [2.05, 4.69) is 32.0 Å². The maximum atomic E-state index is 12.4. The van der Waals surface area contributed by atoms with E-state index in [1.54, 1.807) is 13.4 Å². The number of imidazole rings is 1. The first-order valence-corrected chi connectivity index (χ1v) is 9.89. The van der Waals surface area contributed by atoms with Crippen LogP contribution in [0.15, 0.2) is 6.33 Å². The molecule has 3 rings (SSSR count). The lowest BCUT2D eigenvalue weighted by atomic mass is 9.93. The number of aryl methyl sites for hydroxylation is 1. The van der Waals surface area contributed by atoms with Gasteiger partial charge in [-0.3, -0.25) is 14.6 Å². The van der Waals surface area contributed by atoms with Gasteiger partial charge in [0.1, 0.15) is 0 Å². The molecular formula is C19H33N5O2. The Morgan fingerprint density at radius 2 is 2.15 bits per heavy atom. The second-order valence-electron chi connectivity index (χ2n) is 7.60. The number of hydrogen-bond acceptors (Lipinski definition) is 5. The predicted molar refractivity (Wildman–Crippen MR) is 101 cm³/mol. The second kappa shape index (κ2) is 9.48. The first-order valence-electron chi connectivity index (χ1n) is 9.89.